The van der Waals surface area contributed by atoms with Crippen LogP contribution in [0.1, 0.15) is 24.2 Å². The zero-order chi connectivity index (χ0) is 13.7. The third-order valence-corrected chi connectivity index (χ3v) is 2.71. The number of nitrogens with one attached hydrogen (secondary N) is 1. The van der Waals surface area contributed by atoms with Crippen LogP contribution in [-0.2, 0) is 0 Å². The van der Waals surface area contributed by atoms with Gasteiger partial charge in [0.05, 0.1) is 6.10 Å². The fourth-order valence-electron chi connectivity index (χ4n) is 1.34. The van der Waals surface area contributed by atoms with Gasteiger partial charge in [-0.2, -0.15) is 0 Å². The Balaban J connectivity index is 2.64. The van der Waals surface area contributed by atoms with E-state index in [9.17, 15) is 9.90 Å². The summed E-state index contributed by atoms with van der Waals surface area (Å²) in [5.41, 5.74) is 0.546. The molecule has 1 rings (SSSR count). The van der Waals surface area contributed by atoms with Gasteiger partial charge in [-0.1, -0.05) is 13.8 Å². The molecule has 0 aliphatic heterocycles. The Morgan fingerprint density at radius 2 is 2.17 bits per heavy atom. The van der Waals surface area contributed by atoms with Crippen LogP contribution in [0.25, 0.3) is 0 Å². The molecule has 0 aliphatic rings. The van der Waals surface area contributed by atoms with Crippen molar-refractivity contribution >= 4 is 11.7 Å². The summed E-state index contributed by atoms with van der Waals surface area (Å²) < 4.78 is 0. The summed E-state index contributed by atoms with van der Waals surface area (Å²) in [6.07, 6.45) is 1.08. The maximum absolute atomic E-state index is 11.9. The van der Waals surface area contributed by atoms with Crippen molar-refractivity contribution in [3.63, 3.8) is 0 Å². The number of nitrogens with zero attached hydrogens (tertiary/aromatic N) is 2. The lowest BCUT2D eigenvalue weighted by Gasteiger charge is -2.16. The van der Waals surface area contributed by atoms with Crippen molar-refractivity contribution in [3.8, 4) is 0 Å². The van der Waals surface area contributed by atoms with Gasteiger partial charge in [-0.05, 0) is 18.1 Å². The summed E-state index contributed by atoms with van der Waals surface area (Å²) in [4.78, 5) is 17.9. The quantitative estimate of drug-likeness (QED) is 0.816. The van der Waals surface area contributed by atoms with E-state index >= 15 is 0 Å². The number of pyridine rings is 1. The minimum absolute atomic E-state index is 0.125. The first-order valence-electron chi connectivity index (χ1n) is 6.01. The van der Waals surface area contributed by atoms with Gasteiger partial charge in [-0.3, -0.25) is 4.79 Å². The normalized spacial score (nSPS) is 12.3. The molecule has 18 heavy (non-hydrogen) atoms. The second kappa shape index (κ2) is 6.35. The lowest BCUT2D eigenvalue weighted by atomic mass is 10.1. The van der Waals surface area contributed by atoms with Crippen molar-refractivity contribution < 1.29 is 9.90 Å². The number of aromatic nitrogens is 1. The Kier molecular flexibility index (Phi) is 5.09. The van der Waals surface area contributed by atoms with Gasteiger partial charge in [0.25, 0.3) is 5.91 Å². The van der Waals surface area contributed by atoms with Crippen molar-refractivity contribution in [1.82, 2.24) is 10.3 Å². The van der Waals surface area contributed by atoms with Gasteiger partial charge in [0, 0.05) is 32.4 Å². The first-order valence-corrected chi connectivity index (χ1v) is 6.01. The summed E-state index contributed by atoms with van der Waals surface area (Å²) in [6, 6.07) is 3.38. The summed E-state index contributed by atoms with van der Waals surface area (Å²) >= 11 is 0. The van der Waals surface area contributed by atoms with E-state index in [0.717, 1.165) is 5.82 Å². The summed E-state index contributed by atoms with van der Waals surface area (Å²) in [5, 5.41) is 12.3. The van der Waals surface area contributed by atoms with Gasteiger partial charge in [0.1, 0.15) is 5.82 Å². The molecular formula is C13H21N3O2. The number of hydrogen-bond acceptors (Lipinski definition) is 4. The lowest BCUT2D eigenvalue weighted by molar-refractivity contribution is 0.0871. The smallest absolute Gasteiger partial charge is 0.251 e. The zero-order valence-corrected chi connectivity index (χ0v) is 11.3. The van der Waals surface area contributed by atoms with Gasteiger partial charge in [0.2, 0.25) is 0 Å². The standard InChI is InChI=1S/C13H21N3O2/c1-9(2)11(17)8-15-13(18)10-5-6-14-12(7-10)16(3)4/h5-7,9,11,17H,8H2,1-4H3,(H,15,18). The topological polar surface area (TPSA) is 65.5 Å². The van der Waals surface area contributed by atoms with E-state index in [0.29, 0.717) is 5.56 Å². The van der Waals surface area contributed by atoms with Gasteiger partial charge in [-0.25, -0.2) is 4.98 Å². The number of rotatable bonds is 5. The molecule has 0 saturated heterocycles. The molecule has 0 radical (unpaired) electrons. The SMILES string of the molecule is CC(C)C(O)CNC(=O)c1ccnc(N(C)C)c1. The second-order valence-electron chi connectivity index (χ2n) is 4.82. The molecule has 5 nitrogen and oxygen atoms in total. The van der Waals surface area contributed by atoms with E-state index < -0.39 is 6.10 Å². The van der Waals surface area contributed by atoms with Crippen LogP contribution in [0.3, 0.4) is 0 Å². The van der Waals surface area contributed by atoms with Crippen LogP contribution < -0.4 is 10.2 Å². The molecule has 100 valence electrons. The molecule has 0 aromatic carbocycles. The van der Waals surface area contributed by atoms with E-state index in [1.54, 1.807) is 18.3 Å². The number of amides is 1. The van der Waals surface area contributed by atoms with Crippen LogP contribution in [0.5, 0.6) is 0 Å². The Hall–Kier alpha value is -1.62. The number of hydrogen-bond donors (Lipinski definition) is 2. The molecule has 2 N–H and O–H groups in total. The first-order chi connectivity index (χ1) is 8.41. The summed E-state index contributed by atoms with van der Waals surface area (Å²) in [5.74, 6) is 0.660. The second-order valence-corrected chi connectivity index (χ2v) is 4.82. The van der Waals surface area contributed by atoms with Crippen LogP contribution >= 0.6 is 0 Å². The third-order valence-electron chi connectivity index (χ3n) is 2.71. The van der Waals surface area contributed by atoms with Crippen molar-refractivity contribution in [1.29, 1.82) is 0 Å². The Labute approximate surface area is 108 Å². The Morgan fingerprint density at radius 1 is 1.50 bits per heavy atom. The molecule has 5 heteroatoms. The fourth-order valence-corrected chi connectivity index (χ4v) is 1.34. The highest BCUT2D eigenvalue weighted by Crippen LogP contribution is 2.09. The largest absolute Gasteiger partial charge is 0.391 e. The third kappa shape index (κ3) is 4.00. The van der Waals surface area contributed by atoms with E-state index in [1.807, 2.05) is 32.8 Å². The van der Waals surface area contributed by atoms with Crippen LogP contribution in [0, 0.1) is 5.92 Å². The number of aliphatic hydroxyl groups excluding tert-OH is 1. The molecule has 0 fully saturated rings. The number of anilines is 1. The summed E-state index contributed by atoms with van der Waals surface area (Å²) in [6.45, 7) is 4.08. The lowest BCUT2D eigenvalue weighted by Crippen LogP contribution is -2.34. The maximum Gasteiger partial charge on any atom is 0.251 e. The number of aliphatic hydroxyl groups is 1. The van der Waals surface area contributed by atoms with Crippen LogP contribution in [0.15, 0.2) is 18.3 Å². The molecule has 1 aromatic rings. The molecule has 1 heterocycles. The summed E-state index contributed by atoms with van der Waals surface area (Å²) in [7, 11) is 3.74. The van der Waals surface area contributed by atoms with E-state index in [4.69, 9.17) is 0 Å². The van der Waals surface area contributed by atoms with Crippen LogP contribution in [0.4, 0.5) is 5.82 Å². The molecule has 1 amide bonds. The molecule has 1 aromatic heterocycles. The first kappa shape index (κ1) is 14.4. The highest BCUT2D eigenvalue weighted by atomic mass is 16.3. The average molecular weight is 251 g/mol. The molecule has 0 spiro atoms. The monoisotopic (exact) mass is 251 g/mol. The average Bonchev–Trinajstić information content (AvgIpc) is 2.35. The van der Waals surface area contributed by atoms with Gasteiger partial charge >= 0.3 is 0 Å². The molecule has 0 bridgehead atoms. The van der Waals surface area contributed by atoms with Gasteiger partial charge in [0.15, 0.2) is 0 Å². The van der Waals surface area contributed by atoms with E-state index in [1.165, 1.54) is 0 Å². The zero-order valence-electron chi connectivity index (χ0n) is 11.3. The van der Waals surface area contributed by atoms with Crippen molar-refractivity contribution in [2.45, 2.75) is 20.0 Å². The highest BCUT2D eigenvalue weighted by Gasteiger charge is 2.12. The Bertz CT molecular complexity index is 405. The minimum atomic E-state index is -0.524. The highest BCUT2D eigenvalue weighted by molar-refractivity contribution is 5.94. The number of carbonyl (C=O) groups is 1. The van der Waals surface area contributed by atoms with Crippen LogP contribution in [-0.4, -0.2) is 42.7 Å². The minimum Gasteiger partial charge on any atom is -0.391 e. The Morgan fingerprint density at radius 3 is 2.72 bits per heavy atom. The molecular weight excluding hydrogens is 230 g/mol. The van der Waals surface area contributed by atoms with Gasteiger partial charge in [-0.15, -0.1) is 0 Å². The van der Waals surface area contributed by atoms with E-state index in [-0.39, 0.29) is 18.4 Å². The molecule has 1 unspecified atom stereocenters. The maximum atomic E-state index is 11.9. The van der Waals surface area contributed by atoms with Crippen molar-refractivity contribution in [2.75, 3.05) is 25.5 Å². The van der Waals surface area contributed by atoms with E-state index in [2.05, 4.69) is 10.3 Å². The number of carbonyl (C=O) groups excluding carboxylic acids is 1. The predicted octanol–water partition coefficient (Wildman–Crippen LogP) is 0.894. The van der Waals surface area contributed by atoms with Gasteiger partial charge < -0.3 is 15.3 Å². The van der Waals surface area contributed by atoms with Crippen LogP contribution in [0.2, 0.25) is 0 Å². The molecule has 0 saturated carbocycles. The predicted molar refractivity (Wildman–Crippen MR) is 71.7 cm³/mol. The fraction of sp³-hybridized carbons (Fsp3) is 0.538. The molecule has 0 aliphatic carbocycles. The van der Waals surface area contributed by atoms with Crippen molar-refractivity contribution in [3.05, 3.63) is 23.9 Å². The van der Waals surface area contributed by atoms with Crippen molar-refractivity contribution in [2.24, 2.45) is 5.92 Å². The molecule has 1 atom stereocenters.